The third-order valence-corrected chi connectivity index (χ3v) is 7.83. The van der Waals surface area contributed by atoms with Gasteiger partial charge < -0.3 is 14.0 Å². The molecule has 0 amide bonds. The van der Waals surface area contributed by atoms with Gasteiger partial charge in [-0.25, -0.2) is 4.79 Å². The zero-order valence-corrected chi connectivity index (χ0v) is 24.1. The topological polar surface area (TPSA) is 40.5 Å². The predicted octanol–water partition coefficient (Wildman–Crippen LogP) is 9.24. The van der Waals surface area contributed by atoms with Crippen molar-refractivity contribution in [3.05, 3.63) is 65.2 Å². The van der Waals surface area contributed by atoms with Crippen molar-refractivity contribution in [2.75, 3.05) is 13.2 Å². The van der Waals surface area contributed by atoms with Gasteiger partial charge in [0, 0.05) is 29.1 Å². The van der Waals surface area contributed by atoms with Crippen LogP contribution in [0.15, 0.2) is 48.6 Å². The lowest BCUT2D eigenvalue weighted by Gasteiger charge is -2.31. The average molecular weight is 596 g/mol. The zero-order chi connectivity index (χ0) is 31.0. The highest BCUT2D eigenvalue weighted by Crippen LogP contribution is 2.47. The van der Waals surface area contributed by atoms with Crippen LogP contribution in [0.3, 0.4) is 0 Å². The van der Waals surface area contributed by atoms with Gasteiger partial charge in [0.1, 0.15) is 24.4 Å². The van der Waals surface area contributed by atoms with E-state index >= 15 is 0 Å². The molecule has 10 heteroatoms. The van der Waals surface area contributed by atoms with E-state index in [-0.39, 0.29) is 22.8 Å². The SMILES string of the molecule is C=C(C)C(=O)OCC(C)(COc1ccc2cc3n(c2c1)CC(C)c1cc(CCCCC)cc(C(F)(F)F)c1-3)C(F)(F)F. The van der Waals surface area contributed by atoms with Gasteiger partial charge in [0.05, 0.1) is 16.8 Å². The number of fused-ring (bicyclic) bond motifs is 5. The molecule has 228 valence electrons. The van der Waals surface area contributed by atoms with E-state index in [0.29, 0.717) is 40.7 Å². The lowest BCUT2D eigenvalue weighted by atomic mass is 9.84. The Hall–Kier alpha value is -3.43. The van der Waals surface area contributed by atoms with E-state index in [4.69, 9.17) is 9.47 Å². The van der Waals surface area contributed by atoms with Crippen LogP contribution in [0.1, 0.15) is 69.6 Å². The highest BCUT2D eigenvalue weighted by atomic mass is 19.4. The van der Waals surface area contributed by atoms with E-state index in [9.17, 15) is 31.1 Å². The molecule has 0 radical (unpaired) electrons. The van der Waals surface area contributed by atoms with Gasteiger partial charge in [-0.15, -0.1) is 0 Å². The predicted molar refractivity (Wildman–Crippen MR) is 149 cm³/mol. The molecule has 2 atom stereocenters. The van der Waals surface area contributed by atoms with Crippen molar-refractivity contribution in [2.24, 2.45) is 5.41 Å². The number of aryl methyl sites for hydroxylation is 1. The first-order valence-electron chi connectivity index (χ1n) is 14.0. The Balaban J connectivity index is 1.70. The fourth-order valence-electron chi connectivity index (χ4n) is 5.24. The lowest BCUT2D eigenvalue weighted by Crippen LogP contribution is -2.44. The summed E-state index contributed by atoms with van der Waals surface area (Å²) in [6.07, 6.45) is -6.01. The van der Waals surface area contributed by atoms with Gasteiger partial charge in [-0.3, -0.25) is 0 Å². The molecule has 3 aromatic rings. The van der Waals surface area contributed by atoms with Crippen LogP contribution in [0.25, 0.3) is 22.2 Å². The number of hydrogen-bond acceptors (Lipinski definition) is 3. The largest absolute Gasteiger partial charge is 0.492 e. The van der Waals surface area contributed by atoms with E-state index in [1.807, 2.05) is 19.9 Å². The van der Waals surface area contributed by atoms with Crippen LogP contribution in [0, 0.1) is 5.41 Å². The second kappa shape index (κ2) is 11.7. The van der Waals surface area contributed by atoms with Gasteiger partial charge in [-0.2, -0.15) is 26.3 Å². The van der Waals surface area contributed by atoms with Gasteiger partial charge in [0.15, 0.2) is 0 Å². The molecule has 0 N–H and O–H groups in total. The van der Waals surface area contributed by atoms with E-state index in [1.54, 1.807) is 22.8 Å². The smallest absolute Gasteiger partial charge is 0.417 e. The number of aromatic nitrogens is 1. The van der Waals surface area contributed by atoms with Crippen LogP contribution in [-0.2, 0) is 28.7 Å². The van der Waals surface area contributed by atoms with E-state index in [0.717, 1.165) is 26.2 Å². The summed E-state index contributed by atoms with van der Waals surface area (Å²) in [6, 6.07) is 9.48. The number of halogens is 6. The molecule has 0 bridgehead atoms. The Bertz CT molecular complexity index is 1490. The van der Waals surface area contributed by atoms with Crippen molar-refractivity contribution < 1.29 is 40.6 Å². The van der Waals surface area contributed by atoms with Crippen LogP contribution in [-0.4, -0.2) is 29.9 Å². The molecule has 2 heterocycles. The van der Waals surface area contributed by atoms with E-state index in [1.165, 1.54) is 19.1 Å². The van der Waals surface area contributed by atoms with Gasteiger partial charge in [-0.1, -0.05) is 39.3 Å². The molecule has 2 unspecified atom stereocenters. The van der Waals surface area contributed by atoms with Crippen molar-refractivity contribution in [1.82, 2.24) is 4.57 Å². The fourth-order valence-corrected chi connectivity index (χ4v) is 5.24. The zero-order valence-electron chi connectivity index (χ0n) is 24.1. The normalized spacial score (nSPS) is 16.5. The number of nitrogens with zero attached hydrogens (tertiary/aromatic N) is 1. The van der Waals surface area contributed by atoms with Crippen molar-refractivity contribution >= 4 is 16.9 Å². The molecule has 0 saturated carbocycles. The highest BCUT2D eigenvalue weighted by molar-refractivity contribution is 5.90. The van der Waals surface area contributed by atoms with Crippen LogP contribution in [0.2, 0.25) is 0 Å². The van der Waals surface area contributed by atoms with Crippen molar-refractivity contribution in [3.8, 4) is 17.0 Å². The Morgan fingerprint density at radius 2 is 1.76 bits per heavy atom. The Morgan fingerprint density at radius 1 is 1.05 bits per heavy atom. The van der Waals surface area contributed by atoms with Gasteiger partial charge in [-0.05, 0) is 68.0 Å². The molecule has 4 rings (SSSR count). The Morgan fingerprint density at radius 3 is 2.38 bits per heavy atom. The minimum absolute atomic E-state index is 0.0268. The number of alkyl halides is 6. The number of benzene rings is 2. The molecule has 1 aliphatic rings. The summed E-state index contributed by atoms with van der Waals surface area (Å²) in [4.78, 5) is 11.7. The molecule has 4 nitrogen and oxygen atoms in total. The number of unbranched alkanes of at least 4 members (excludes halogenated alkanes) is 2. The summed E-state index contributed by atoms with van der Waals surface area (Å²) in [5, 5.41) is 0.645. The number of ether oxygens (including phenoxy) is 2. The second-order valence-electron chi connectivity index (χ2n) is 11.5. The number of carbonyl (C=O) groups excluding carboxylic acids is 1. The summed E-state index contributed by atoms with van der Waals surface area (Å²) < 4.78 is 97.1. The number of rotatable bonds is 10. The highest BCUT2D eigenvalue weighted by Gasteiger charge is 2.53. The van der Waals surface area contributed by atoms with Crippen LogP contribution < -0.4 is 4.74 Å². The maximum Gasteiger partial charge on any atom is 0.417 e. The summed E-state index contributed by atoms with van der Waals surface area (Å²) in [6.45, 7) is 8.14. The Labute approximate surface area is 241 Å². The molecule has 1 aliphatic heterocycles. The van der Waals surface area contributed by atoms with Gasteiger partial charge in [0.2, 0.25) is 0 Å². The van der Waals surface area contributed by atoms with E-state index < -0.39 is 42.5 Å². The third-order valence-electron chi connectivity index (χ3n) is 7.83. The average Bonchev–Trinajstić information content (AvgIpc) is 3.26. The summed E-state index contributed by atoms with van der Waals surface area (Å²) in [5.41, 5.74) is -0.781. The first-order valence-corrected chi connectivity index (χ1v) is 14.0. The molecule has 2 aromatic carbocycles. The third kappa shape index (κ3) is 6.32. The Kier molecular flexibility index (Phi) is 8.77. The fraction of sp³-hybridized carbons (Fsp3) is 0.469. The number of esters is 1. The lowest BCUT2D eigenvalue weighted by molar-refractivity contribution is -0.240. The molecule has 1 aromatic heterocycles. The molecule has 0 fully saturated rings. The molecule has 42 heavy (non-hydrogen) atoms. The van der Waals surface area contributed by atoms with Gasteiger partial charge >= 0.3 is 18.3 Å². The summed E-state index contributed by atoms with van der Waals surface area (Å²) >= 11 is 0. The van der Waals surface area contributed by atoms with E-state index in [2.05, 4.69) is 6.58 Å². The maximum atomic E-state index is 14.4. The van der Waals surface area contributed by atoms with Crippen molar-refractivity contribution in [3.63, 3.8) is 0 Å². The molecular weight excluding hydrogens is 560 g/mol. The quantitative estimate of drug-likeness (QED) is 0.102. The standard InChI is InChI=1S/C32H35F6NO3/c1-6-7-8-9-21-12-24-20(4)16-39-26-15-23(41-17-30(5,32(36,37)38)18-42-29(40)19(2)3)11-10-22(26)14-27(39)28(24)25(13-21)31(33,34)35/h10-15,20H,2,6-9,16-18H2,1,3-5H3. The van der Waals surface area contributed by atoms with Crippen LogP contribution in [0.5, 0.6) is 5.75 Å². The van der Waals surface area contributed by atoms with Crippen molar-refractivity contribution in [2.45, 2.75) is 78.2 Å². The maximum absolute atomic E-state index is 14.4. The second-order valence-corrected chi connectivity index (χ2v) is 11.5. The molecular formula is C32H35F6NO3. The number of hydrogen-bond donors (Lipinski definition) is 0. The van der Waals surface area contributed by atoms with Crippen molar-refractivity contribution in [1.29, 1.82) is 0 Å². The van der Waals surface area contributed by atoms with Crippen LogP contribution in [0.4, 0.5) is 26.3 Å². The summed E-state index contributed by atoms with van der Waals surface area (Å²) in [7, 11) is 0. The first-order chi connectivity index (χ1) is 19.6. The first kappa shape index (κ1) is 31.5. The van der Waals surface area contributed by atoms with Gasteiger partial charge in [0.25, 0.3) is 0 Å². The molecule has 0 saturated heterocycles. The minimum Gasteiger partial charge on any atom is -0.492 e. The monoisotopic (exact) mass is 595 g/mol. The summed E-state index contributed by atoms with van der Waals surface area (Å²) in [5.74, 6) is -1.05. The molecule has 0 spiro atoms. The van der Waals surface area contributed by atoms with Crippen LogP contribution >= 0.6 is 0 Å². The number of carbonyl (C=O) groups is 1. The molecule has 0 aliphatic carbocycles. The minimum atomic E-state index is -4.75.